The number of rotatable bonds is 2. The van der Waals surface area contributed by atoms with Gasteiger partial charge in [-0.15, -0.1) is 22.7 Å². The van der Waals surface area contributed by atoms with Gasteiger partial charge in [0.2, 0.25) is 0 Å². The first-order valence-electron chi connectivity index (χ1n) is 25.4. The highest BCUT2D eigenvalue weighted by atomic mass is 32.1. The molecule has 2 aromatic heterocycles. The van der Waals surface area contributed by atoms with Gasteiger partial charge in [0.1, 0.15) is 23.0 Å². The fourth-order valence-corrected chi connectivity index (χ4v) is 16.2. The van der Waals surface area contributed by atoms with Crippen LogP contribution in [-0.2, 0) is 21.7 Å². The Bertz CT molecular complexity index is 3560. The molecule has 2 aliphatic carbocycles. The van der Waals surface area contributed by atoms with Crippen molar-refractivity contribution in [1.82, 2.24) is 0 Å². The van der Waals surface area contributed by atoms with E-state index in [9.17, 15) is 0 Å². The molecule has 6 aliphatic rings. The number of hydrogen-bond donors (Lipinski definition) is 0. The molecule has 0 spiro atoms. The third-order valence-corrected chi connectivity index (χ3v) is 20.1. The van der Waals surface area contributed by atoms with Crippen molar-refractivity contribution in [2.24, 2.45) is 0 Å². The molecule has 70 heavy (non-hydrogen) atoms. The Kier molecular flexibility index (Phi) is 8.19. The van der Waals surface area contributed by atoms with Crippen molar-refractivity contribution in [3.8, 4) is 23.0 Å². The van der Waals surface area contributed by atoms with Crippen LogP contribution in [0, 0.1) is 0 Å². The van der Waals surface area contributed by atoms with E-state index in [0.29, 0.717) is 0 Å². The van der Waals surface area contributed by atoms with Crippen molar-refractivity contribution in [2.45, 2.75) is 103 Å². The lowest BCUT2D eigenvalue weighted by atomic mass is 9.33. The minimum Gasteiger partial charge on any atom is -0.457 e. The van der Waals surface area contributed by atoms with E-state index in [4.69, 9.17) is 9.47 Å². The van der Waals surface area contributed by atoms with Crippen LogP contribution in [-0.4, -0.2) is 13.4 Å². The third-order valence-electron chi connectivity index (χ3n) is 17.7. The summed E-state index contributed by atoms with van der Waals surface area (Å²) in [5.74, 6) is 3.88. The molecular weight excluding hydrogens is 890 g/mol. The Morgan fingerprint density at radius 3 is 1.27 bits per heavy atom. The van der Waals surface area contributed by atoms with E-state index >= 15 is 0 Å². The van der Waals surface area contributed by atoms with Gasteiger partial charge in [-0.2, -0.15) is 0 Å². The highest BCUT2D eigenvalue weighted by molar-refractivity contribution is 7.34. The van der Waals surface area contributed by atoms with E-state index in [-0.39, 0.29) is 35.1 Å². The van der Waals surface area contributed by atoms with Crippen molar-refractivity contribution in [2.75, 3.05) is 9.80 Å². The molecule has 4 nitrogen and oxygen atoms in total. The predicted molar refractivity (Wildman–Crippen MR) is 299 cm³/mol. The number of hydrogen-bond acceptors (Lipinski definition) is 6. The number of thiophene rings is 2. The van der Waals surface area contributed by atoms with Gasteiger partial charge in [-0.05, 0) is 170 Å². The summed E-state index contributed by atoms with van der Waals surface area (Å²) in [6.45, 7) is 19.5. The van der Waals surface area contributed by atoms with Crippen molar-refractivity contribution in [3.05, 3.63) is 156 Å². The molecule has 0 amide bonds. The maximum atomic E-state index is 7.15. The SMILES string of the molecule is CC1(C)CCC(C)(C)c2cc(N3c4cc5c(cc4B4c6sc7ccccc7c6Oc6cccc3c64)B3c4sc6ccccc6c4Oc4cccc(c43)N5c3ccc4c(c3)C(C)(C)CCC4(C)C)ccc21. The zero-order chi connectivity index (χ0) is 47.4. The molecule has 0 saturated carbocycles. The quantitative estimate of drug-likeness (QED) is 0.161. The van der Waals surface area contributed by atoms with Gasteiger partial charge in [0.25, 0.3) is 13.4 Å². The summed E-state index contributed by atoms with van der Waals surface area (Å²) in [7, 11) is 0. The van der Waals surface area contributed by atoms with Gasteiger partial charge in [0, 0.05) is 63.8 Å². The molecule has 9 aromatic rings. The molecule has 0 bridgehead atoms. The van der Waals surface area contributed by atoms with Crippen LogP contribution in [0.3, 0.4) is 0 Å². The van der Waals surface area contributed by atoms with Gasteiger partial charge in [-0.1, -0.05) is 110 Å². The Balaban J connectivity index is 1.06. The van der Waals surface area contributed by atoms with Crippen LogP contribution in [0.1, 0.15) is 103 Å². The van der Waals surface area contributed by atoms with Crippen LogP contribution in [0.15, 0.2) is 133 Å². The van der Waals surface area contributed by atoms with Crippen molar-refractivity contribution >= 4 is 122 Å². The summed E-state index contributed by atoms with van der Waals surface area (Å²) in [5, 5.41) is 2.37. The normalized spacial score (nSPS) is 18.6. The smallest absolute Gasteiger partial charge is 0.268 e. The van der Waals surface area contributed by atoms with Crippen molar-refractivity contribution in [1.29, 1.82) is 0 Å². The molecule has 0 unspecified atom stereocenters. The fourth-order valence-electron chi connectivity index (χ4n) is 13.7. The number of nitrogens with zero attached hydrogens (tertiary/aromatic N) is 2. The van der Waals surface area contributed by atoms with E-state index < -0.39 is 0 Å². The Hall–Kier alpha value is -6.21. The number of anilines is 6. The van der Waals surface area contributed by atoms with Crippen LogP contribution in [0.2, 0.25) is 0 Å². The highest BCUT2D eigenvalue weighted by Gasteiger charge is 2.49. The van der Waals surface area contributed by atoms with Gasteiger partial charge in [-0.25, -0.2) is 0 Å². The summed E-state index contributed by atoms with van der Waals surface area (Å²) in [5.41, 5.74) is 18.5. The topological polar surface area (TPSA) is 24.9 Å². The molecule has 8 heteroatoms. The summed E-state index contributed by atoms with van der Waals surface area (Å²) >= 11 is 3.79. The van der Waals surface area contributed by atoms with Gasteiger partial charge < -0.3 is 19.3 Å². The first kappa shape index (κ1) is 41.6. The lowest BCUT2D eigenvalue weighted by Gasteiger charge is -2.45. The lowest BCUT2D eigenvalue weighted by Crippen LogP contribution is -2.63. The van der Waals surface area contributed by atoms with Crippen LogP contribution >= 0.6 is 22.7 Å². The Morgan fingerprint density at radius 2 is 0.829 bits per heavy atom. The maximum absolute atomic E-state index is 7.15. The summed E-state index contributed by atoms with van der Waals surface area (Å²) in [6.07, 6.45) is 4.67. The van der Waals surface area contributed by atoms with E-state index in [2.05, 4.69) is 199 Å². The number of ether oxygens (including phenoxy) is 2. The molecule has 0 fully saturated rings. The van der Waals surface area contributed by atoms with E-state index in [1.54, 1.807) is 0 Å². The van der Waals surface area contributed by atoms with Crippen LogP contribution in [0.25, 0.3) is 20.2 Å². The largest absolute Gasteiger partial charge is 0.457 e. The minimum absolute atomic E-state index is 0.0320. The Labute approximate surface area is 420 Å². The van der Waals surface area contributed by atoms with Gasteiger partial charge in [0.15, 0.2) is 0 Å². The molecule has 0 atom stereocenters. The molecule has 4 aliphatic heterocycles. The first-order chi connectivity index (χ1) is 33.7. The average Bonchev–Trinajstić information content (AvgIpc) is 3.92. The van der Waals surface area contributed by atoms with E-state index in [0.717, 1.165) is 35.8 Å². The molecule has 0 saturated heterocycles. The second kappa shape index (κ2) is 13.8. The van der Waals surface area contributed by atoms with E-state index in [1.165, 1.54) is 121 Å². The maximum Gasteiger partial charge on any atom is 0.268 e. The summed E-state index contributed by atoms with van der Waals surface area (Å²) in [6, 6.07) is 51.2. The first-order valence-corrected chi connectivity index (χ1v) is 27.0. The fraction of sp³-hybridized carbons (Fsp3) is 0.258. The molecule has 7 aromatic carbocycles. The second-order valence-corrected chi connectivity index (χ2v) is 25.8. The number of fused-ring (bicyclic) bond motifs is 14. The van der Waals surface area contributed by atoms with Crippen molar-refractivity contribution < 1.29 is 9.47 Å². The highest BCUT2D eigenvalue weighted by Crippen LogP contribution is 2.53. The zero-order valence-corrected chi connectivity index (χ0v) is 42.8. The molecule has 6 heterocycles. The standard InChI is InChI=1S/C62H54B2N2O2S2/c1-59(2)27-29-61(5,6)41-31-35(23-25-39(41)59)65-45-17-13-19-49-53(45)63(57-55(67-49)37-15-9-11-21-51(37)69-57)43-33-44-48(34-47(43)65)66(36-24-26-40-42(32-36)62(7,8)30-28-60(40,3)4)46-18-14-20-50-54(46)64(44)58-56(68-50)38-16-10-12-22-52(38)70-58/h9-26,31-34H,27-30H2,1-8H3. The third kappa shape index (κ3) is 5.50. The van der Waals surface area contributed by atoms with E-state index in [1.807, 2.05) is 22.7 Å². The lowest BCUT2D eigenvalue weighted by molar-refractivity contribution is 0.332. The van der Waals surface area contributed by atoms with Gasteiger partial charge >= 0.3 is 0 Å². The minimum atomic E-state index is -0.0320. The average molecular weight is 945 g/mol. The van der Waals surface area contributed by atoms with Gasteiger partial charge in [-0.3, -0.25) is 0 Å². The molecular formula is C62H54B2N2O2S2. The monoisotopic (exact) mass is 944 g/mol. The molecule has 15 rings (SSSR count). The van der Waals surface area contributed by atoms with Gasteiger partial charge in [0.05, 0.1) is 0 Å². The molecule has 342 valence electrons. The summed E-state index contributed by atoms with van der Waals surface area (Å²) < 4.78 is 19.4. The second-order valence-electron chi connectivity index (χ2n) is 23.7. The molecule has 0 N–H and O–H groups in total. The molecule has 0 radical (unpaired) electrons. The van der Waals surface area contributed by atoms with Crippen LogP contribution < -0.4 is 50.7 Å². The van der Waals surface area contributed by atoms with Crippen LogP contribution in [0.5, 0.6) is 23.0 Å². The number of benzene rings is 7. The van der Waals surface area contributed by atoms with Crippen molar-refractivity contribution in [3.63, 3.8) is 0 Å². The predicted octanol–water partition coefficient (Wildman–Crippen LogP) is 13.6. The summed E-state index contributed by atoms with van der Waals surface area (Å²) in [4.78, 5) is 5.20. The zero-order valence-electron chi connectivity index (χ0n) is 41.2. The Morgan fingerprint density at radius 1 is 0.414 bits per heavy atom. The van der Waals surface area contributed by atoms with Crippen LogP contribution in [0.4, 0.5) is 34.1 Å².